The van der Waals surface area contributed by atoms with E-state index >= 15 is 0 Å². The van der Waals surface area contributed by atoms with Crippen LogP contribution >= 0.6 is 23.7 Å². The van der Waals surface area contributed by atoms with Crippen molar-refractivity contribution in [1.29, 1.82) is 0 Å². The largest absolute Gasteiger partial charge is 0.354 e. The summed E-state index contributed by atoms with van der Waals surface area (Å²) >= 11 is 1.41. The van der Waals surface area contributed by atoms with Crippen LogP contribution in [0.15, 0.2) is 17.5 Å². The van der Waals surface area contributed by atoms with Crippen molar-refractivity contribution in [1.82, 2.24) is 5.32 Å². The van der Waals surface area contributed by atoms with E-state index in [0.29, 0.717) is 11.4 Å². The molecule has 0 aliphatic rings. The lowest BCUT2D eigenvalue weighted by atomic mass is 9.94. The Bertz CT molecular complexity index is 417. The summed E-state index contributed by atoms with van der Waals surface area (Å²) in [5, 5.41) is 4.67. The van der Waals surface area contributed by atoms with Crippen LogP contribution in [0.3, 0.4) is 0 Å². The predicted molar refractivity (Wildman–Crippen MR) is 85.6 cm³/mol. The molecule has 0 unspecified atom stereocenters. The molecule has 1 amide bonds. The lowest BCUT2D eigenvalue weighted by Gasteiger charge is -2.26. The predicted octanol–water partition coefficient (Wildman–Crippen LogP) is 2.77. The second-order valence-corrected chi connectivity index (χ2v) is 5.69. The van der Waals surface area contributed by atoms with Crippen molar-refractivity contribution < 1.29 is 9.59 Å². The molecule has 4 nitrogen and oxygen atoms in total. The van der Waals surface area contributed by atoms with E-state index in [2.05, 4.69) is 5.32 Å². The van der Waals surface area contributed by atoms with Crippen molar-refractivity contribution >= 4 is 35.4 Å². The van der Waals surface area contributed by atoms with Gasteiger partial charge in [-0.25, -0.2) is 0 Å². The molecule has 0 saturated carbocycles. The summed E-state index contributed by atoms with van der Waals surface area (Å²) in [6.07, 6.45) is 2.11. The summed E-state index contributed by atoms with van der Waals surface area (Å²) < 4.78 is 0. The third-order valence-corrected chi connectivity index (χ3v) is 4.33. The fraction of sp³-hybridized carbons (Fsp3) is 0.571. The molecular weight excluding hydrogens is 296 g/mol. The number of hydrogen-bond donors (Lipinski definition) is 2. The van der Waals surface area contributed by atoms with Crippen LogP contribution in [0.1, 0.15) is 49.2 Å². The summed E-state index contributed by atoms with van der Waals surface area (Å²) in [6.45, 7) is 4.48. The van der Waals surface area contributed by atoms with E-state index in [0.717, 1.165) is 12.8 Å². The van der Waals surface area contributed by atoms with Crippen molar-refractivity contribution in [3.63, 3.8) is 0 Å². The molecule has 6 heteroatoms. The molecule has 0 radical (unpaired) electrons. The van der Waals surface area contributed by atoms with E-state index in [-0.39, 0.29) is 42.5 Å². The number of nitrogens with one attached hydrogen (secondary N) is 1. The number of thiophene rings is 1. The number of rotatable bonds is 8. The molecule has 0 aromatic carbocycles. The Kier molecular flexibility index (Phi) is 8.69. The van der Waals surface area contributed by atoms with Gasteiger partial charge in [0.05, 0.1) is 4.88 Å². The highest BCUT2D eigenvalue weighted by Crippen LogP contribution is 2.13. The van der Waals surface area contributed by atoms with Crippen molar-refractivity contribution in [2.75, 3.05) is 6.54 Å². The van der Waals surface area contributed by atoms with Gasteiger partial charge in [-0.3, -0.25) is 9.59 Å². The Balaban J connectivity index is 0.00000361. The molecule has 0 aliphatic carbocycles. The number of ketones is 1. The van der Waals surface area contributed by atoms with Gasteiger partial charge in [-0.15, -0.1) is 23.7 Å². The molecule has 0 atom stereocenters. The van der Waals surface area contributed by atoms with E-state index in [1.807, 2.05) is 25.3 Å². The maximum atomic E-state index is 11.7. The van der Waals surface area contributed by atoms with Crippen molar-refractivity contribution in [3.05, 3.63) is 22.4 Å². The Morgan fingerprint density at radius 2 is 1.95 bits per heavy atom. The number of halogens is 1. The van der Waals surface area contributed by atoms with Crippen LogP contribution < -0.4 is 11.1 Å². The minimum Gasteiger partial charge on any atom is -0.354 e. The first kappa shape index (κ1) is 19.1. The Morgan fingerprint density at radius 3 is 2.45 bits per heavy atom. The first-order chi connectivity index (χ1) is 9.00. The molecule has 1 heterocycles. The van der Waals surface area contributed by atoms with Crippen molar-refractivity contribution in [2.24, 2.45) is 5.73 Å². The van der Waals surface area contributed by atoms with Gasteiger partial charge in [-0.1, -0.05) is 19.9 Å². The van der Waals surface area contributed by atoms with Gasteiger partial charge in [0.1, 0.15) is 0 Å². The minimum atomic E-state index is -0.340. The summed E-state index contributed by atoms with van der Waals surface area (Å²) in [5.74, 6) is -0.0863. The highest BCUT2D eigenvalue weighted by Gasteiger charge is 2.21. The van der Waals surface area contributed by atoms with Crippen LogP contribution in [0.4, 0.5) is 0 Å². The average molecular weight is 319 g/mol. The lowest BCUT2D eigenvalue weighted by molar-refractivity contribution is -0.121. The molecule has 3 N–H and O–H groups in total. The van der Waals surface area contributed by atoms with E-state index in [1.54, 1.807) is 6.07 Å². The highest BCUT2D eigenvalue weighted by molar-refractivity contribution is 7.12. The van der Waals surface area contributed by atoms with Crippen LogP contribution in [0.25, 0.3) is 0 Å². The number of hydrogen-bond acceptors (Lipinski definition) is 4. The third-order valence-electron chi connectivity index (χ3n) is 3.42. The van der Waals surface area contributed by atoms with E-state index in [1.165, 1.54) is 11.3 Å². The number of nitrogens with two attached hydrogens (primary N) is 1. The Morgan fingerprint density at radius 1 is 1.30 bits per heavy atom. The zero-order chi connectivity index (χ0) is 14.3. The Labute approximate surface area is 130 Å². The normalized spacial score (nSPS) is 10.8. The van der Waals surface area contributed by atoms with E-state index in [4.69, 9.17) is 5.73 Å². The summed E-state index contributed by atoms with van der Waals surface area (Å²) in [4.78, 5) is 24.1. The second-order valence-electron chi connectivity index (χ2n) is 4.75. The molecule has 20 heavy (non-hydrogen) atoms. The third kappa shape index (κ3) is 6.03. The van der Waals surface area contributed by atoms with Crippen LogP contribution in [0, 0.1) is 0 Å². The lowest BCUT2D eigenvalue weighted by Crippen LogP contribution is -2.49. The SMILES string of the molecule is CCC(N)(CC)CNC(=O)CCC(=O)c1cccs1.Cl. The topological polar surface area (TPSA) is 72.2 Å². The highest BCUT2D eigenvalue weighted by atomic mass is 35.5. The van der Waals surface area contributed by atoms with E-state index < -0.39 is 0 Å². The van der Waals surface area contributed by atoms with Gasteiger partial charge in [0.25, 0.3) is 0 Å². The van der Waals surface area contributed by atoms with Gasteiger partial charge in [0.15, 0.2) is 5.78 Å². The molecule has 0 fully saturated rings. The van der Waals surface area contributed by atoms with Gasteiger partial charge in [-0.2, -0.15) is 0 Å². The average Bonchev–Trinajstić information content (AvgIpc) is 2.96. The smallest absolute Gasteiger partial charge is 0.220 e. The quantitative estimate of drug-likeness (QED) is 0.724. The first-order valence-electron chi connectivity index (χ1n) is 6.63. The van der Waals surface area contributed by atoms with Gasteiger partial charge in [0, 0.05) is 24.9 Å². The summed E-state index contributed by atoms with van der Waals surface area (Å²) in [7, 11) is 0. The molecular formula is C14H23ClN2O2S. The molecule has 1 aromatic rings. The molecule has 0 bridgehead atoms. The number of carbonyl (C=O) groups excluding carboxylic acids is 2. The van der Waals surface area contributed by atoms with Crippen LogP contribution in [-0.4, -0.2) is 23.8 Å². The Hall–Kier alpha value is -0.910. The zero-order valence-corrected chi connectivity index (χ0v) is 13.6. The monoisotopic (exact) mass is 318 g/mol. The van der Waals surface area contributed by atoms with Gasteiger partial charge in [0.2, 0.25) is 5.91 Å². The molecule has 114 valence electrons. The second kappa shape index (κ2) is 9.10. The van der Waals surface area contributed by atoms with Crippen LogP contribution in [0.2, 0.25) is 0 Å². The molecule has 1 rings (SSSR count). The number of Topliss-reactive ketones (excluding diaryl/α,β-unsaturated/α-hetero) is 1. The summed E-state index contributed by atoms with van der Waals surface area (Å²) in [6, 6.07) is 3.62. The molecule has 0 spiro atoms. The summed E-state index contributed by atoms with van der Waals surface area (Å²) in [5.41, 5.74) is 5.76. The number of carbonyl (C=O) groups is 2. The maximum Gasteiger partial charge on any atom is 0.220 e. The van der Waals surface area contributed by atoms with Gasteiger partial charge in [-0.05, 0) is 24.3 Å². The molecule has 0 saturated heterocycles. The van der Waals surface area contributed by atoms with E-state index in [9.17, 15) is 9.59 Å². The van der Waals surface area contributed by atoms with Crippen molar-refractivity contribution in [2.45, 2.75) is 45.1 Å². The molecule has 1 aromatic heterocycles. The minimum absolute atomic E-state index is 0. The fourth-order valence-electron chi connectivity index (χ4n) is 1.65. The van der Waals surface area contributed by atoms with Crippen molar-refractivity contribution in [3.8, 4) is 0 Å². The van der Waals surface area contributed by atoms with Gasteiger partial charge >= 0.3 is 0 Å². The molecule has 0 aliphatic heterocycles. The maximum absolute atomic E-state index is 11.7. The first-order valence-corrected chi connectivity index (χ1v) is 7.51. The van der Waals surface area contributed by atoms with Gasteiger partial charge < -0.3 is 11.1 Å². The number of amides is 1. The van der Waals surface area contributed by atoms with Crippen LogP contribution in [-0.2, 0) is 4.79 Å². The van der Waals surface area contributed by atoms with Crippen LogP contribution in [0.5, 0.6) is 0 Å². The fourth-order valence-corrected chi connectivity index (χ4v) is 2.34. The standard InChI is InChI=1S/C14H22N2O2S.ClH/c1-3-14(15,4-2)10-16-13(18)8-7-11(17)12-6-5-9-19-12;/h5-6,9H,3-4,7-8,10,15H2,1-2H3,(H,16,18);1H. The zero-order valence-electron chi connectivity index (χ0n) is 12.0.